The molecule has 14 heteroatoms. The molecule has 2 fully saturated rings. The quantitative estimate of drug-likeness (QED) is 0.0613. The fraction of sp³-hybridized carbons (Fsp3) is 0.529. The van der Waals surface area contributed by atoms with Gasteiger partial charge in [-0.2, -0.15) is 0 Å². The minimum atomic E-state index is -1.64. The normalized spacial score (nSPS) is 22.5. The Kier molecular flexibility index (Phi) is 12.9. The van der Waals surface area contributed by atoms with Crippen LogP contribution in [0.15, 0.2) is 12.1 Å². The molecule has 8 nitrogen and oxygen atoms in total. The van der Waals surface area contributed by atoms with Gasteiger partial charge in [0.1, 0.15) is 11.1 Å². The molecular weight excluding hydrogens is 749 g/mol. The van der Waals surface area contributed by atoms with Gasteiger partial charge in [-0.05, 0) is 86.2 Å². The first kappa shape index (κ1) is 38.9. The molecule has 0 radical (unpaired) electrons. The molecule has 4 unspecified atom stereocenters. The summed E-state index contributed by atoms with van der Waals surface area (Å²) < 4.78 is 21.1. The number of ether oxygens (including phenoxy) is 4. The van der Waals surface area contributed by atoms with Crippen molar-refractivity contribution in [2.24, 2.45) is 22.7 Å². The van der Waals surface area contributed by atoms with E-state index in [0.29, 0.717) is 35.5 Å². The zero-order chi connectivity index (χ0) is 35.6. The van der Waals surface area contributed by atoms with Crippen molar-refractivity contribution in [3.63, 3.8) is 0 Å². The van der Waals surface area contributed by atoms with Crippen LogP contribution in [0.5, 0.6) is 11.5 Å². The van der Waals surface area contributed by atoms with Crippen molar-refractivity contribution in [2.45, 2.75) is 79.1 Å². The van der Waals surface area contributed by atoms with Crippen LogP contribution >= 0.6 is 69.6 Å². The van der Waals surface area contributed by atoms with Crippen LogP contribution in [0.2, 0.25) is 30.1 Å². The highest BCUT2D eigenvalue weighted by Gasteiger charge is 2.46. The Hall–Kier alpha value is -1.94. The molecule has 0 N–H and O–H groups in total. The average Bonchev–Trinajstić information content (AvgIpc) is 3.84. The number of benzene rings is 2. The first-order valence-corrected chi connectivity index (χ1v) is 17.9. The predicted octanol–water partition coefficient (Wildman–Crippen LogP) is 10.9. The van der Waals surface area contributed by atoms with E-state index in [2.05, 4.69) is 27.7 Å². The van der Waals surface area contributed by atoms with E-state index >= 15 is 0 Å². The van der Waals surface area contributed by atoms with E-state index in [1.165, 1.54) is 12.8 Å². The first-order chi connectivity index (χ1) is 22.5. The minimum absolute atomic E-state index is 0.0620. The highest BCUT2D eigenvalue weighted by Crippen LogP contribution is 2.56. The molecule has 0 heterocycles. The van der Waals surface area contributed by atoms with Gasteiger partial charge in [0.25, 0.3) is 0 Å². The number of rotatable bonds is 14. The van der Waals surface area contributed by atoms with E-state index in [9.17, 15) is 19.2 Å². The van der Waals surface area contributed by atoms with Gasteiger partial charge in [0.05, 0.1) is 43.3 Å². The van der Waals surface area contributed by atoms with Gasteiger partial charge in [-0.15, -0.1) is 0 Å². The van der Waals surface area contributed by atoms with Gasteiger partial charge < -0.3 is 18.9 Å². The summed E-state index contributed by atoms with van der Waals surface area (Å²) in [5, 5.41) is -1.47. The van der Waals surface area contributed by atoms with Crippen molar-refractivity contribution in [2.75, 3.05) is 13.2 Å². The molecule has 4 atom stereocenters. The average molecular weight is 785 g/mol. The number of esters is 4. The van der Waals surface area contributed by atoms with Crippen LogP contribution in [0.4, 0.5) is 0 Å². The maximum atomic E-state index is 13.1. The zero-order valence-corrected chi connectivity index (χ0v) is 31.4. The minimum Gasteiger partial charge on any atom is -0.462 e. The lowest BCUT2D eigenvalue weighted by molar-refractivity contribution is -0.156. The highest BCUT2D eigenvalue weighted by atomic mass is 35.5. The predicted molar refractivity (Wildman–Crippen MR) is 186 cm³/mol. The van der Waals surface area contributed by atoms with E-state index < -0.39 is 46.5 Å². The van der Waals surface area contributed by atoms with E-state index in [4.69, 9.17) is 88.6 Å². The molecule has 0 spiro atoms. The number of halogens is 6. The van der Waals surface area contributed by atoms with Crippen molar-refractivity contribution in [3.05, 3.63) is 53.4 Å². The largest absolute Gasteiger partial charge is 0.462 e. The summed E-state index contributed by atoms with van der Waals surface area (Å²) >= 11 is 37.4. The van der Waals surface area contributed by atoms with Gasteiger partial charge in [0, 0.05) is 0 Å². The topological polar surface area (TPSA) is 105 Å². The van der Waals surface area contributed by atoms with Crippen LogP contribution < -0.4 is 9.47 Å². The summed E-state index contributed by atoms with van der Waals surface area (Å²) in [4.78, 5) is 52.0. The fourth-order valence-electron chi connectivity index (χ4n) is 5.70. The first-order valence-electron chi connectivity index (χ1n) is 15.6. The lowest BCUT2D eigenvalue weighted by atomic mass is 9.99. The Morgan fingerprint density at radius 1 is 0.625 bits per heavy atom. The van der Waals surface area contributed by atoms with Gasteiger partial charge >= 0.3 is 23.9 Å². The number of carbonyl (C=O) groups excluding carboxylic acids is 4. The van der Waals surface area contributed by atoms with Crippen molar-refractivity contribution >= 4 is 93.5 Å². The third kappa shape index (κ3) is 9.23. The van der Waals surface area contributed by atoms with E-state index in [0.717, 1.165) is 37.8 Å². The molecule has 48 heavy (non-hydrogen) atoms. The van der Waals surface area contributed by atoms with Crippen LogP contribution in [0, 0.1) is 22.7 Å². The van der Waals surface area contributed by atoms with Gasteiger partial charge in [0.2, 0.25) is 0 Å². The Bertz CT molecular complexity index is 1500. The lowest BCUT2D eigenvalue weighted by Crippen LogP contribution is -2.27. The van der Waals surface area contributed by atoms with E-state index in [1.807, 2.05) is 0 Å². The van der Waals surface area contributed by atoms with Gasteiger partial charge in [-0.25, -0.2) is 19.2 Å². The third-order valence-corrected chi connectivity index (χ3v) is 11.7. The van der Waals surface area contributed by atoms with Crippen LogP contribution in [0.25, 0.3) is 0 Å². The number of hydrogen-bond acceptors (Lipinski definition) is 8. The Balaban J connectivity index is 1.43. The monoisotopic (exact) mass is 782 g/mol. The van der Waals surface area contributed by atoms with E-state index in [-0.39, 0.29) is 43.3 Å². The van der Waals surface area contributed by atoms with E-state index in [1.54, 1.807) is 0 Å². The SMILES string of the molecule is CC1CC1(C)CCCCOC(=O)c1c(Cl)c(Cl)cc(Cl)c1OC(=O)C(=O)Oc1c(Cl)cc(Cl)c(Cl)c1C(=O)OCCCCC1(C)CC1C. The molecule has 0 aliphatic heterocycles. The molecule has 2 aromatic carbocycles. The zero-order valence-electron chi connectivity index (χ0n) is 26.9. The molecular formula is C34H36Cl6O8. The molecule has 0 aromatic heterocycles. The smallest absolute Gasteiger partial charge is 0.423 e. The summed E-state index contributed by atoms with van der Waals surface area (Å²) in [7, 11) is 0. The van der Waals surface area contributed by atoms with Crippen molar-refractivity contribution in [1.29, 1.82) is 0 Å². The summed E-state index contributed by atoms with van der Waals surface area (Å²) in [6.45, 7) is 8.98. The third-order valence-electron chi connectivity index (χ3n) is 9.57. The highest BCUT2D eigenvalue weighted by molar-refractivity contribution is 6.47. The van der Waals surface area contributed by atoms with Crippen LogP contribution in [-0.4, -0.2) is 37.1 Å². The molecule has 4 rings (SSSR count). The van der Waals surface area contributed by atoms with Gasteiger partial charge in [0.15, 0.2) is 11.5 Å². The summed E-state index contributed by atoms with van der Waals surface area (Å²) in [5.41, 5.74) is -0.279. The van der Waals surface area contributed by atoms with Gasteiger partial charge in [-0.1, -0.05) is 97.3 Å². The second-order valence-corrected chi connectivity index (χ2v) is 15.6. The molecule has 0 bridgehead atoms. The Morgan fingerprint density at radius 3 is 1.27 bits per heavy atom. The molecule has 262 valence electrons. The second kappa shape index (κ2) is 15.9. The summed E-state index contributed by atoms with van der Waals surface area (Å²) in [6, 6.07) is 2.26. The second-order valence-electron chi connectivity index (χ2n) is 13.2. The van der Waals surface area contributed by atoms with Crippen molar-refractivity contribution in [3.8, 4) is 11.5 Å². The summed E-state index contributed by atoms with van der Waals surface area (Å²) in [5.74, 6) is -5.03. The molecule has 2 aliphatic rings. The Morgan fingerprint density at radius 2 is 0.958 bits per heavy atom. The molecule has 0 saturated heterocycles. The fourth-order valence-corrected chi connectivity index (χ4v) is 7.14. The van der Waals surface area contributed by atoms with Crippen LogP contribution in [-0.2, 0) is 19.1 Å². The number of unbranched alkanes of at least 4 members (excludes halogenated alkanes) is 2. The molecule has 2 aliphatic carbocycles. The number of hydrogen-bond donors (Lipinski definition) is 0. The Labute approximate surface area is 309 Å². The van der Waals surface area contributed by atoms with Crippen LogP contribution in [0.1, 0.15) is 99.8 Å². The molecule has 2 aromatic rings. The lowest BCUT2D eigenvalue weighted by Gasteiger charge is -2.16. The van der Waals surface area contributed by atoms with Crippen molar-refractivity contribution in [1.82, 2.24) is 0 Å². The maximum Gasteiger partial charge on any atom is 0.423 e. The van der Waals surface area contributed by atoms with Gasteiger partial charge in [-0.3, -0.25) is 0 Å². The molecule has 2 saturated carbocycles. The number of carbonyl (C=O) groups is 4. The van der Waals surface area contributed by atoms with Crippen molar-refractivity contribution < 1.29 is 38.1 Å². The molecule has 0 amide bonds. The summed E-state index contributed by atoms with van der Waals surface area (Å²) in [6.07, 6.45) is 7.22. The maximum absolute atomic E-state index is 13.1. The van der Waals surface area contributed by atoms with Crippen LogP contribution in [0.3, 0.4) is 0 Å². The standard InChI is InChI=1S/C34H36Cl6O8/c1-17-15-33(17,3)9-5-7-11-45-29(41)23-25(39)19(35)13-21(37)27(23)47-31(43)32(44)48-28-22(38)14-20(36)26(40)24(28)30(42)46-12-8-6-10-34(4)16-18(34)2/h13-14,17-18H,5-12,15-16H2,1-4H3.